The number of pyridine rings is 1. The first-order valence-electron chi connectivity index (χ1n) is 5.80. The molecule has 3 nitrogen and oxygen atoms in total. The first-order chi connectivity index (χ1) is 8.52. The lowest BCUT2D eigenvalue weighted by atomic mass is 9.91. The standard InChI is InChI=1S/C14H15N3S/c1-14(2,3)12-11(4-7-15)18-13(17-12)10-5-8-16-9-6-10/h5-6,8-9H,4H2,1-3H3. The summed E-state index contributed by atoms with van der Waals surface area (Å²) in [6, 6.07) is 6.11. The Bertz CT molecular complexity index is 573. The van der Waals surface area contributed by atoms with Crippen LogP contribution in [0.1, 0.15) is 31.3 Å². The maximum atomic E-state index is 8.91. The Kier molecular flexibility index (Phi) is 3.44. The molecule has 0 aliphatic rings. The van der Waals surface area contributed by atoms with E-state index in [1.54, 1.807) is 23.7 Å². The van der Waals surface area contributed by atoms with Crippen LogP contribution in [-0.2, 0) is 11.8 Å². The van der Waals surface area contributed by atoms with E-state index < -0.39 is 0 Å². The van der Waals surface area contributed by atoms with Gasteiger partial charge in [-0.1, -0.05) is 20.8 Å². The van der Waals surface area contributed by atoms with Crippen molar-refractivity contribution in [1.82, 2.24) is 9.97 Å². The van der Waals surface area contributed by atoms with Crippen molar-refractivity contribution in [2.45, 2.75) is 32.6 Å². The van der Waals surface area contributed by atoms with E-state index in [1.165, 1.54) is 0 Å². The Hall–Kier alpha value is -1.73. The lowest BCUT2D eigenvalue weighted by Crippen LogP contribution is -2.13. The zero-order valence-corrected chi connectivity index (χ0v) is 11.6. The van der Waals surface area contributed by atoms with E-state index in [-0.39, 0.29) is 5.41 Å². The molecule has 4 heteroatoms. The summed E-state index contributed by atoms with van der Waals surface area (Å²) >= 11 is 1.60. The maximum absolute atomic E-state index is 8.91. The second-order valence-corrected chi connectivity index (χ2v) is 6.20. The van der Waals surface area contributed by atoms with Crippen LogP contribution in [0, 0.1) is 11.3 Å². The van der Waals surface area contributed by atoms with Crippen molar-refractivity contribution in [1.29, 1.82) is 5.26 Å². The molecule has 0 N–H and O–H groups in total. The minimum atomic E-state index is -0.0338. The van der Waals surface area contributed by atoms with E-state index in [4.69, 9.17) is 10.2 Å². The highest BCUT2D eigenvalue weighted by atomic mass is 32.1. The molecule has 2 heterocycles. The van der Waals surface area contributed by atoms with Crippen LogP contribution in [0.2, 0.25) is 0 Å². The molecule has 0 bridgehead atoms. The summed E-state index contributed by atoms with van der Waals surface area (Å²) < 4.78 is 0. The van der Waals surface area contributed by atoms with Gasteiger partial charge >= 0.3 is 0 Å². The predicted octanol–water partition coefficient (Wildman–Crippen LogP) is 3.57. The van der Waals surface area contributed by atoms with Crippen LogP contribution in [0.15, 0.2) is 24.5 Å². The van der Waals surface area contributed by atoms with Crippen molar-refractivity contribution in [2.75, 3.05) is 0 Å². The summed E-state index contributed by atoms with van der Waals surface area (Å²) in [6.07, 6.45) is 3.95. The number of hydrogen-bond acceptors (Lipinski definition) is 4. The van der Waals surface area contributed by atoms with Crippen LogP contribution < -0.4 is 0 Å². The molecular formula is C14H15N3S. The number of aromatic nitrogens is 2. The molecule has 0 saturated carbocycles. The van der Waals surface area contributed by atoms with Gasteiger partial charge < -0.3 is 0 Å². The lowest BCUT2D eigenvalue weighted by Gasteiger charge is -2.16. The molecule has 0 amide bonds. The molecule has 0 atom stereocenters. The SMILES string of the molecule is CC(C)(C)c1nc(-c2ccncc2)sc1CC#N. The topological polar surface area (TPSA) is 49.6 Å². The molecule has 2 aromatic rings. The van der Waals surface area contributed by atoms with Gasteiger partial charge in [-0.15, -0.1) is 11.3 Å². The zero-order valence-electron chi connectivity index (χ0n) is 10.8. The van der Waals surface area contributed by atoms with Crippen molar-refractivity contribution in [3.63, 3.8) is 0 Å². The summed E-state index contributed by atoms with van der Waals surface area (Å²) in [5.41, 5.74) is 2.05. The van der Waals surface area contributed by atoms with Gasteiger partial charge in [-0.25, -0.2) is 4.98 Å². The third-order valence-corrected chi connectivity index (χ3v) is 3.68. The molecule has 0 unspecified atom stereocenters. The highest BCUT2D eigenvalue weighted by Gasteiger charge is 2.23. The number of nitriles is 1. The van der Waals surface area contributed by atoms with E-state index in [0.29, 0.717) is 6.42 Å². The van der Waals surface area contributed by atoms with Gasteiger partial charge in [-0.2, -0.15) is 5.26 Å². The second-order valence-electron chi connectivity index (χ2n) is 5.11. The summed E-state index contributed by atoms with van der Waals surface area (Å²) in [5, 5.41) is 9.87. The highest BCUT2D eigenvalue weighted by molar-refractivity contribution is 7.15. The van der Waals surface area contributed by atoms with Gasteiger partial charge in [0.2, 0.25) is 0 Å². The van der Waals surface area contributed by atoms with Gasteiger partial charge in [0.1, 0.15) is 5.01 Å². The van der Waals surface area contributed by atoms with E-state index in [1.807, 2.05) is 12.1 Å². The van der Waals surface area contributed by atoms with E-state index in [2.05, 4.69) is 31.8 Å². The van der Waals surface area contributed by atoms with Crippen molar-refractivity contribution < 1.29 is 0 Å². The fourth-order valence-corrected chi connectivity index (χ4v) is 2.96. The normalized spacial score (nSPS) is 11.2. The maximum Gasteiger partial charge on any atom is 0.124 e. The number of rotatable bonds is 2. The molecule has 18 heavy (non-hydrogen) atoms. The third kappa shape index (κ3) is 2.57. The monoisotopic (exact) mass is 257 g/mol. The third-order valence-electron chi connectivity index (χ3n) is 2.57. The van der Waals surface area contributed by atoms with E-state index in [9.17, 15) is 0 Å². The van der Waals surface area contributed by atoms with Crippen LogP contribution >= 0.6 is 11.3 Å². The van der Waals surface area contributed by atoms with Gasteiger partial charge in [-0.3, -0.25) is 4.98 Å². The smallest absolute Gasteiger partial charge is 0.124 e. The molecule has 0 fully saturated rings. The Morgan fingerprint density at radius 1 is 1.28 bits per heavy atom. The lowest BCUT2D eigenvalue weighted by molar-refractivity contribution is 0.568. The fourth-order valence-electron chi connectivity index (χ4n) is 1.75. The summed E-state index contributed by atoms with van der Waals surface area (Å²) in [7, 11) is 0. The molecule has 92 valence electrons. The Balaban J connectivity index is 2.50. The molecule has 0 aromatic carbocycles. The molecule has 0 saturated heterocycles. The van der Waals surface area contributed by atoms with Crippen LogP contribution in [0.25, 0.3) is 10.6 Å². The van der Waals surface area contributed by atoms with E-state index in [0.717, 1.165) is 21.1 Å². The Morgan fingerprint density at radius 2 is 1.94 bits per heavy atom. The molecule has 2 rings (SSSR count). The van der Waals surface area contributed by atoms with Gasteiger partial charge in [-0.05, 0) is 12.1 Å². The molecule has 0 radical (unpaired) electrons. The van der Waals surface area contributed by atoms with Crippen molar-refractivity contribution >= 4 is 11.3 Å². The fraction of sp³-hybridized carbons (Fsp3) is 0.357. The zero-order chi connectivity index (χ0) is 13.2. The van der Waals surface area contributed by atoms with Crippen LogP contribution in [0.3, 0.4) is 0 Å². The first-order valence-corrected chi connectivity index (χ1v) is 6.61. The largest absolute Gasteiger partial charge is 0.265 e. The van der Waals surface area contributed by atoms with Gasteiger partial charge in [0.05, 0.1) is 18.2 Å². The molecular weight excluding hydrogens is 242 g/mol. The summed E-state index contributed by atoms with van der Waals surface area (Å²) in [5.74, 6) is 0. The van der Waals surface area contributed by atoms with Crippen LogP contribution in [0.5, 0.6) is 0 Å². The second kappa shape index (κ2) is 4.87. The minimum absolute atomic E-state index is 0.0338. The van der Waals surface area contributed by atoms with Crippen LogP contribution in [0.4, 0.5) is 0 Å². The Labute approximate surface area is 111 Å². The highest BCUT2D eigenvalue weighted by Crippen LogP contribution is 2.34. The number of hydrogen-bond donors (Lipinski definition) is 0. The quantitative estimate of drug-likeness (QED) is 0.826. The van der Waals surface area contributed by atoms with Crippen molar-refractivity contribution in [3.8, 4) is 16.6 Å². The van der Waals surface area contributed by atoms with Gasteiger partial charge in [0.15, 0.2) is 0 Å². The summed E-state index contributed by atoms with van der Waals surface area (Å²) in [4.78, 5) is 9.79. The first kappa shape index (κ1) is 12.7. The Morgan fingerprint density at radius 3 is 2.50 bits per heavy atom. The van der Waals surface area contributed by atoms with Crippen molar-refractivity contribution in [2.24, 2.45) is 0 Å². The summed E-state index contributed by atoms with van der Waals surface area (Å²) in [6.45, 7) is 6.37. The van der Waals surface area contributed by atoms with Gasteiger partial charge in [0, 0.05) is 28.2 Å². The molecule has 2 aromatic heterocycles. The number of thiazole rings is 1. The average molecular weight is 257 g/mol. The van der Waals surface area contributed by atoms with Crippen LogP contribution in [-0.4, -0.2) is 9.97 Å². The molecule has 0 spiro atoms. The van der Waals surface area contributed by atoms with Gasteiger partial charge in [0.25, 0.3) is 0 Å². The van der Waals surface area contributed by atoms with Crippen molar-refractivity contribution in [3.05, 3.63) is 35.1 Å². The minimum Gasteiger partial charge on any atom is -0.265 e. The predicted molar refractivity (Wildman–Crippen MR) is 73.4 cm³/mol. The molecule has 0 aliphatic carbocycles. The molecule has 0 aliphatic heterocycles. The average Bonchev–Trinajstić information content (AvgIpc) is 2.75. The van der Waals surface area contributed by atoms with E-state index >= 15 is 0 Å². The number of nitrogens with zero attached hydrogens (tertiary/aromatic N) is 3.